The topological polar surface area (TPSA) is 229 Å². The molecule has 52 heavy (non-hydrogen) atoms. The second kappa shape index (κ2) is 16.0. The minimum atomic E-state index is -1.97. The lowest BCUT2D eigenvalue weighted by atomic mass is 9.94. The van der Waals surface area contributed by atoms with Crippen molar-refractivity contribution in [1.29, 1.82) is 0 Å². The molecule has 0 radical (unpaired) electrons. The van der Waals surface area contributed by atoms with Gasteiger partial charge < -0.3 is 52.8 Å². The Morgan fingerprint density at radius 3 is 1.79 bits per heavy atom. The van der Waals surface area contributed by atoms with Gasteiger partial charge in [-0.25, -0.2) is 4.79 Å². The predicted octanol–water partition coefficient (Wildman–Crippen LogP) is -0.105. The van der Waals surface area contributed by atoms with Crippen molar-refractivity contribution >= 4 is 35.7 Å². The first-order valence-corrected chi connectivity index (χ1v) is 15.9. The van der Waals surface area contributed by atoms with Crippen molar-refractivity contribution < 1.29 is 81.6 Å². The van der Waals surface area contributed by atoms with Gasteiger partial charge in [-0.15, -0.1) is 0 Å². The van der Waals surface area contributed by atoms with E-state index in [1.807, 2.05) is 0 Å². The molecule has 10 atom stereocenters. The van der Waals surface area contributed by atoms with E-state index in [0.29, 0.717) is 5.75 Å². The molecule has 0 aromatic heterocycles. The summed E-state index contributed by atoms with van der Waals surface area (Å²) in [6.45, 7) is 2.18. The van der Waals surface area contributed by atoms with Crippen LogP contribution in [-0.4, -0.2) is 133 Å². The van der Waals surface area contributed by atoms with Gasteiger partial charge in [0.1, 0.15) is 35.9 Å². The number of hydrogen-bond acceptors (Lipinski definition) is 17. The number of esters is 4. The number of ether oxygens (including phenoxy) is 9. The van der Waals surface area contributed by atoms with E-state index in [2.05, 4.69) is 0 Å². The third kappa shape index (κ3) is 7.70. The number of aliphatic hydroxyl groups is 2. The molecular weight excluding hydrogens is 694 g/mol. The molecule has 0 aliphatic carbocycles. The molecule has 2 aromatic carbocycles. The molecule has 0 unspecified atom stereocenters. The Hall–Kier alpha value is -5.14. The summed E-state index contributed by atoms with van der Waals surface area (Å²) < 4.78 is 50.5. The first-order chi connectivity index (χ1) is 24.8. The maximum absolute atomic E-state index is 13.9. The molecule has 2 aromatic rings. The van der Waals surface area contributed by atoms with Crippen molar-refractivity contribution in [3.63, 3.8) is 0 Å². The summed E-state index contributed by atoms with van der Waals surface area (Å²) in [6.07, 6.45) is -15.9. The SMILES string of the molecule is COC(=O)[C@H]1O[C@@H](O[C@H]2[C@H](O)[C@@H](CO)O[C@@H](Oc3ccc(OC)cc3)[C@@H]2N2C(=O)c3ccccc3C2=O)[C@H](OC(C)=O)[C@@H](OC(C)=O)[C@@H]1OC(C)=O. The molecule has 18 heteroatoms. The highest BCUT2D eigenvalue weighted by atomic mass is 16.8. The Balaban J connectivity index is 1.63. The molecule has 0 bridgehead atoms. The molecule has 3 aliphatic heterocycles. The Bertz CT molecular complexity index is 1640. The average molecular weight is 732 g/mol. The number of hydrogen-bond donors (Lipinski definition) is 2. The Kier molecular flexibility index (Phi) is 11.8. The van der Waals surface area contributed by atoms with Crippen molar-refractivity contribution in [3.05, 3.63) is 59.7 Å². The maximum Gasteiger partial charge on any atom is 0.339 e. The van der Waals surface area contributed by atoms with Crippen molar-refractivity contribution in [2.75, 3.05) is 20.8 Å². The summed E-state index contributed by atoms with van der Waals surface area (Å²) in [7, 11) is 2.45. The van der Waals surface area contributed by atoms with Crippen LogP contribution < -0.4 is 9.47 Å². The Labute approximate surface area is 296 Å². The van der Waals surface area contributed by atoms with Crippen LogP contribution >= 0.6 is 0 Å². The average Bonchev–Trinajstić information content (AvgIpc) is 3.36. The van der Waals surface area contributed by atoms with E-state index in [1.54, 1.807) is 24.3 Å². The van der Waals surface area contributed by atoms with Gasteiger partial charge in [0.15, 0.2) is 30.7 Å². The van der Waals surface area contributed by atoms with E-state index >= 15 is 0 Å². The van der Waals surface area contributed by atoms with Gasteiger partial charge in [-0.05, 0) is 36.4 Å². The van der Waals surface area contributed by atoms with E-state index in [9.17, 15) is 39.0 Å². The number of benzene rings is 2. The highest BCUT2D eigenvalue weighted by molar-refractivity contribution is 6.21. The van der Waals surface area contributed by atoms with Crippen LogP contribution in [0.5, 0.6) is 11.5 Å². The van der Waals surface area contributed by atoms with Gasteiger partial charge >= 0.3 is 23.9 Å². The number of imide groups is 1. The fourth-order valence-corrected chi connectivity index (χ4v) is 6.19. The Morgan fingerprint density at radius 2 is 1.27 bits per heavy atom. The molecular formula is C34H37NO17. The fraction of sp³-hybridized carbons (Fsp3) is 0.471. The maximum atomic E-state index is 13.9. The molecule has 2 N–H and O–H groups in total. The monoisotopic (exact) mass is 731 g/mol. The van der Waals surface area contributed by atoms with Crippen molar-refractivity contribution in [3.8, 4) is 11.5 Å². The third-order valence-corrected chi connectivity index (χ3v) is 8.38. The number of amides is 2. The zero-order valence-corrected chi connectivity index (χ0v) is 28.6. The summed E-state index contributed by atoms with van der Waals surface area (Å²) in [5, 5.41) is 21.9. The summed E-state index contributed by atoms with van der Waals surface area (Å²) in [6, 6.07) is 10.4. The van der Waals surface area contributed by atoms with Crippen LogP contribution in [0.1, 0.15) is 41.5 Å². The van der Waals surface area contributed by atoms with Gasteiger partial charge in [0.2, 0.25) is 6.29 Å². The zero-order valence-electron chi connectivity index (χ0n) is 28.6. The number of fused-ring (bicyclic) bond motifs is 1. The zero-order chi connectivity index (χ0) is 37.9. The van der Waals surface area contributed by atoms with Crippen LogP contribution in [-0.2, 0) is 52.3 Å². The lowest BCUT2D eigenvalue weighted by Crippen LogP contribution is -2.70. The fourth-order valence-electron chi connectivity index (χ4n) is 6.19. The van der Waals surface area contributed by atoms with Crippen LogP contribution in [0.25, 0.3) is 0 Å². The predicted molar refractivity (Wildman–Crippen MR) is 168 cm³/mol. The molecule has 3 aliphatic rings. The van der Waals surface area contributed by atoms with Crippen LogP contribution in [0.3, 0.4) is 0 Å². The van der Waals surface area contributed by atoms with Crippen LogP contribution in [0.15, 0.2) is 48.5 Å². The molecule has 2 amide bonds. The smallest absolute Gasteiger partial charge is 0.339 e. The standard InChI is InChI=1S/C34H37NO17/c1-15(37)46-26-27(47-16(2)38)29(48-17(3)39)34(52-28(26)32(43)45-5)51-25-23(35-30(41)20-8-6-7-9-21(20)31(35)42)33(50-22(14-36)24(25)40)49-19-12-10-18(44-4)11-13-19/h6-13,22-29,33-34,36,40H,14H2,1-5H3/t22-,23-,24-,25-,26+,27+,28+,29-,33-,34-/m1/s1. The van der Waals surface area contributed by atoms with Crippen molar-refractivity contribution in [2.24, 2.45) is 0 Å². The largest absolute Gasteiger partial charge is 0.497 e. The number of carbonyl (C=O) groups is 6. The number of methoxy groups -OCH3 is 2. The van der Waals surface area contributed by atoms with Gasteiger partial charge in [-0.2, -0.15) is 0 Å². The summed E-state index contributed by atoms with van der Waals surface area (Å²) in [5.41, 5.74) is 0.0367. The van der Waals surface area contributed by atoms with E-state index in [4.69, 9.17) is 42.6 Å². The molecule has 5 rings (SSSR count). The number of aliphatic hydroxyl groups excluding tert-OH is 2. The van der Waals surface area contributed by atoms with E-state index in [0.717, 1.165) is 32.8 Å². The first-order valence-electron chi connectivity index (χ1n) is 15.9. The summed E-state index contributed by atoms with van der Waals surface area (Å²) >= 11 is 0. The second-order valence-electron chi connectivity index (χ2n) is 11.8. The molecule has 0 spiro atoms. The van der Waals surface area contributed by atoms with Crippen LogP contribution in [0.4, 0.5) is 0 Å². The minimum absolute atomic E-state index is 0.0184. The summed E-state index contributed by atoms with van der Waals surface area (Å²) in [5.74, 6) is -4.99. The number of rotatable bonds is 11. The molecule has 0 saturated carbocycles. The number of carbonyl (C=O) groups excluding carboxylic acids is 6. The van der Waals surface area contributed by atoms with Gasteiger partial charge in [0.05, 0.1) is 32.0 Å². The lowest BCUT2D eigenvalue weighted by Gasteiger charge is -2.49. The molecule has 2 saturated heterocycles. The Morgan fingerprint density at radius 1 is 0.731 bits per heavy atom. The summed E-state index contributed by atoms with van der Waals surface area (Å²) in [4.78, 5) is 78.5. The van der Waals surface area contributed by atoms with Gasteiger partial charge in [-0.1, -0.05) is 12.1 Å². The van der Waals surface area contributed by atoms with Crippen molar-refractivity contribution in [2.45, 2.75) is 82.1 Å². The second-order valence-corrected chi connectivity index (χ2v) is 11.8. The van der Waals surface area contributed by atoms with Crippen LogP contribution in [0.2, 0.25) is 0 Å². The molecule has 18 nitrogen and oxygen atoms in total. The highest BCUT2D eigenvalue weighted by Crippen LogP contribution is 2.38. The molecule has 2 fully saturated rings. The van der Waals surface area contributed by atoms with Crippen LogP contribution in [0, 0.1) is 0 Å². The van der Waals surface area contributed by atoms with E-state index in [-0.39, 0.29) is 16.9 Å². The molecule has 280 valence electrons. The molecule has 3 heterocycles. The van der Waals surface area contributed by atoms with E-state index < -0.39 is 104 Å². The van der Waals surface area contributed by atoms with Crippen molar-refractivity contribution in [1.82, 2.24) is 4.90 Å². The third-order valence-electron chi connectivity index (χ3n) is 8.38. The van der Waals surface area contributed by atoms with Gasteiger partial charge in [-0.3, -0.25) is 28.9 Å². The van der Waals surface area contributed by atoms with E-state index in [1.165, 1.54) is 31.4 Å². The van der Waals surface area contributed by atoms with Gasteiger partial charge in [0, 0.05) is 20.8 Å². The van der Waals surface area contributed by atoms with Gasteiger partial charge in [0.25, 0.3) is 11.8 Å². The number of nitrogens with zero attached hydrogens (tertiary/aromatic N) is 1. The minimum Gasteiger partial charge on any atom is -0.497 e. The first kappa shape index (κ1) is 38.1. The normalized spacial score (nSPS) is 29.8. The highest BCUT2D eigenvalue weighted by Gasteiger charge is 2.60. The quantitative estimate of drug-likeness (QED) is 0.175. The lowest BCUT2D eigenvalue weighted by molar-refractivity contribution is -0.340.